The Morgan fingerprint density at radius 2 is 1.85 bits per heavy atom. The van der Waals surface area contributed by atoms with Gasteiger partial charge in [0, 0.05) is 12.3 Å². The third kappa shape index (κ3) is 4.75. The molecule has 0 saturated carbocycles. The number of hydrogen-bond donors (Lipinski definition) is 2. The summed E-state index contributed by atoms with van der Waals surface area (Å²) in [4.78, 5) is 15.3. The molecule has 1 amide bonds. The van der Waals surface area contributed by atoms with Crippen LogP contribution in [0, 0.1) is 0 Å². The van der Waals surface area contributed by atoms with Gasteiger partial charge in [-0.1, -0.05) is 31.2 Å². The summed E-state index contributed by atoms with van der Waals surface area (Å²) in [7, 11) is 0. The summed E-state index contributed by atoms with van der Waals surface area (Å²) < 4.78 is 0. The predicted octanol–water partition coefficient (Wildman–Crippen LogP) is 3.61. The van der Waals surface area contributed by atoms with Crippen molar-refractivity contribution in [3.63, 3.8) is 0 Å². The zero-order chi connectivity index (χ0) is 13.7. The summed E-state index contributed by atoms with van der Waals surface area (Å²) in [5.41, 5.74) is 3.73. The van der Waals surface area contributed by atoms with Gasteiger partial charge in [0.2, 0.25) is 5.91 Å². The Hall–Kier alpha value is -1.72. The number of nitrogens with one attached hydrogen (secondary N) is 1. The number of aryl methyl sites for hydroxylation is 3. The molecule has 0 fully saturated rings. The molecular weight excluding hydrogens is 270 g/mol. The van der Waals surface area contributed by atoms with Gasteiger partial charge in [0.15, 0.2) is 5.13 Å². The van der Waals surface area contributed by atoms with Gasteiger partial charge in [-0.25, -0.2) is 4.98 Å². The molecule has 0 atom stereocenters. The number of nitrogens with zero attached hydrogens (tertiary/aromatic N) is 1. The van der Waals surface area contributed by atoms with E-state index in [-0.39, 0.29) is 12.1 Å². The maximum Gasteiger partial charge on any atom is 0.223 e. The molecule has 0 unspecified atom stereocenters. The average molecular weight is 291 g/mol. The summed E-state index contributed by atoms with van der Waals surface area (Å²) >= 11 is 1.48. The topological polar surface area (TPSA) is 77.0 Å². The van der Waals surface area contributed by atoms with Gasteiger partial charge in [-0.05, 0) is 30.4 Å². The van der Waals surface area contributed by atoms with E-state index >= 15 is 0 Å². The first-order valence-corrected chi connectivity index (χ1v) is 7.35. The molecule has 2 rings (SSSR count). The number of carbonyl (C=O) groups is 1. The SMILES string of the molecule is CCc1ccc(CCc2csc(NC(C)=O)n2)cc1.N. The maximum absolute atomic E-state index is 10.9. The number of rotatable bonds is 5. The number of thiazole rings is 1. The Bertz CT molecular complexity index is 549. The van der Waals surface area contributed by atoms with Crippen LogP contribution < -0.4 is 11.5 Å². The molecule has 2 aromatic rings. The number of hydrogen-bond acceptors (Lipinski definition) is 4. The van der Waals surface area contributed by atoms with E-state index in [0.717, 1.165) is 25.0 Å². The van der Waals surface area contributed by atoms with Crippen LogP contribution >= 0.6 is 11.3 Å². The largest absolute Gasteiger partial charge is 0.344 e. The molecule has 0 aliphatic carbocycles. The highest BCUT2D eigenvalue weighted by atomic mass is 32.1. The van der Waals surface area contributed by atoms with Crippen LogP contribution in [0.3, 0.4) is 0 Å². The fourth-order valence-corrected chi connectivity index (χ4v) is 2.63. The van der Waals surface area contributed by atoms with E-state index in [1.807, 2.05) is 5.38 Å². The molecule has 0 radical (unpaired) electrons. The zero-order valence-corrected chi connectivity index (χ0v) is 12.8. The number of benzene rings is 1. The van der Waals surface area contributed by atoms with Crippen molar-refractivity contribution in [2.24, 2.45) is 0 Å². The lowest BCUT2D eigenvalue weighted by Crippen LogP contribution is -2.05. The normalized spacial score (nSPS) is 9.90. The van der Waals surface area contributed by atoms with E-state index < -0.39 is 0 Å². The first kappa shape index (κ1) is 16.3. The quantitative estimate of drug-likeness (QED) is 0.883. The van der Waals surface area contributed by atoms with Gasteiger partial charge in [-0.2, -0.15) is 0 Å². The van der Waals surface area contributed by atoms with E-state index in [2.05, 4.69) is 41.5 Å². The van der Waals surface area contributed by atoms with Crippen LogP contribution in [-0.4, -0.2) is 10.9 Å². The second kappa shape index (κ2) is 7.77. The van der Waals surface area contributed by atoms with Gasteiger partial charge >= 0.3 is 0 Å². The molecule has 20 heavy (non-hydrogen) atoms. The van der Waals surface area contributed by atoms with E-state index in [9.17, 15) is 4.79 Å². The van der Waals surface area contributed by atoms with Crippen molar-refractivity contribution >= 4 is 22.4 Å². The number of amides is 1. The lowest BCUT2D eigenvalue weighted by atomic mass is 10.1. The lowest BCUT2D eigenvalue weighted by Gasteiger charge is -2.01. The molecule has 0 bridgehead atoms. The molecule has 0 saturated heterocycles. The van der Waals surface area contributed by atoms with Crippen LogP contribution in [0.5, 0.6) is 0 Å². The van der Waals surface area contributed by atoms with Gasteiger partial charge in [0.05, 0.1) is 5.69 Å². The number of anilines is 1. The summed E-state index contributed by atoms with van der Waals surface area (Å²) in [5, 5.41) is 5.40. The predicted molar refractivity (Wildman–Crippen MR) is 84.7 cm³/mol. The second-order valence-corrected chi connectivity index (χ2v) is 5.35. The molecule has 1 heterocycles. The van der Waals surface area contributed by atoms with Gasteiger partial charge < -0.3 is 11.5 Å². The van der Waals surface area contributed by atoms with E-state index in [1.54, 1.807) is 0 Å². The first-order chi connectivity index (χ1) is 9.17. The fraction of sp³-hybridized carbons (Fsp3) is 0.333. The van der Waals surface area contributed by atoms with E-state index in [0.29, 0.717) is 5.13 Å². The Kier molecular flexibility index (Phi) is 6.35. The molecule has 0 aliphatic heterocycles. The smallest absolute Gasteiger partial charge is 0.223 e. The molecule has 4 nitrogen and oxygen atoms in total. The molecule has 5 heteroatoms. The maximum atomic E-state index is 10.9. The highest BCUT2D eigenvalue weighted by Crippen LogP contribution is 2.17. The zero-order valence-electron chi connectivity index (χ0n) is 12.0. The molecule has 0 aliphatic rings. The number of carbonyl (C=O) groups excluding carboxylic acids is 1. The van der Waals surface area contributed by atoms with Crippen molar-refractivity contribution in [2.45, 2.75) is 33.1 Å². The van der Waals surface area contributed by atoms with Crippen molar-refractivity contribution in [2.75, 3.05) is 5.32 Å². The molecular formula is C15H21N3OS. The Morgan fingerprint density at radius 1 is 1.20 bits per heavy atom. The molecule has 108 valence electrons. The third-order valence-corrected chi connectivity index (χ3v) is 3.74. The first-order valence-electron chi connectivity index (χ1n) is 6.47. The molecule has 0 spiro atoms. The Morgan fingerprint density at radius 3 is 2.45 bits per heavy atom. The molecule has 1 aromatic heterocycles. The summed E-state index contributed by atoms with van der Waals surface area (Å²) in [6, 6.07) is 8.72. The van der Waals surface area contributed by atoms with E-state index in [4.69, 9.17) is 0 Å². The summed E-state index contributed by atoms with van der Waals surface area (Å²) in [6.45, 7) is 3.66. The highest BCUT2D eigenvalue weighted by molar-refractivity contribution is 7.13. The summed E-state index contributed by atoms with van der Waals surface area (Å²) in [6.07, 6.45) is 2.96. The Balaban J connectivity index is 0.00000200. The molecule has 4 N–H and O–H groups in total. The highest BCUT2D eigenvalue weighted by Gasteiger charge is 2.03. The van der Waals surface area contributed by atoms with Crippen molar-refractivity contribution in [1.82, 2.24) is 11.1 Å². The van der Waals surface area contributed by atoms with Crippen LogP contribution in [0.25, 0.3) is 0 Å². The van der Waals surface area contributed by atoms with Crippen LogP contribution in [0.4, 0.5) is 5.13 Å². The minimum absolute atomic E-state index is 0. The Labute approximate surface area is 123 Å². The lowest BCUT2D eigenvalue weighted by molar-refractivity contribution is -0.114. The van der Waals surface area contributed by atoms with Gasteiger partial charge in [0.25, 0.3) is 0 Å². The van der Waals surface area contributed by atoms with Gasteiger partial charge in [-0.15, -0.1) is 11.3 Å². The minimum atomic E-state index is -0.0731. The van der Waals surface area contributed by atoms with Crippen molar-refractivity contribution in [3.8, 4) is 0 Å². The van der Waals surface area contributed by atoms with Crippen molar-refractivity contribution in [3.05, 3.63) is 46.5 Å². The van der Waals surface area contributed by atoms with Crippen LogP contribution in [0.2, 0.25) is 0 Å². The monoisotopic (exact) mass is 291 g/mol. The molecule has 1 aromatic carbocycles. The minimum Gasteiger partial charge on any atom is -0.344 e. The van der Waals surface area contributed by atoms with Gasteiger partial charge in [0.1, 0.15) is 0 Å². The number of aromatic nitrogens is 1. The summed E-state index contributed by atoms with van der Waals surface area (Å²) in [5.74, 6) is -0.0731. The van der Waals surface area contributed by atoms with E-state index in [1.165, 1.54) is 29.4 Å². The van der Waals surface area contributed by atoms with Crippen LogP contribution in [0.15, 0.2) is 29.6 Å². The standard InChI is InChI=1S/C15H18N2OS.H3N/c1-3-12-4-6-13(7-5-12)8-9-14-10-19-15(17-14)16-11(2)18;/h4-7,10H,3,8-9H2,1-2H3,(H,16,17,18);1H3. The third-order valence-electron chi connectivity index (χ3n) is 2.94. The van der Waals surface area contributed by atoms with Crippen LogP contribution in [0.1, 0.15) is 30.7 Å². The van der Waals surface area contributed by atoms with Gasteiger partial charge in [-0.3, -0.25) is 4.79 Å². The second-order valence-electron chi connectivity index (χ2n) is 4.50. The average Bonchev–Trinajstić information content (AvgIpc) is 2.84. The van der Waals surface area contributed by atoms with Crippen molar-refractivity contribution < 1.29 is 4.79 Å². The fourth-order valence-electron chi connectivity index (χ4n) is 1.84. The van der Waals surface area contributed by atoms with Crippen LogP contribution in [-0.2, 0) is 24.1 Å². The van der Waals surface area contributed by atoms with Crippen molar-refractivity contribution in [1.29, 1.82) is 0 Å².